The molecule has 0 aliphatic heterocycles. The fourth-order valence-electron chi connectivity index (χ4n) is 0.798. The molecule has 0 aromatic carbocycles. The Morgan fingerprint density at radius 1 is 1.50 bits per heavy atom. The van der Waals surface area contributed by atoms with Gasteiger partial charge in [-0.15, -0.1) is 6.42 Å². The summed E-state index contributed by atoms with van der Waals surface area (Å²) in [5, 5.41) is 25.5. The average molecular weight is 254 g/mol. The number of nitrogens with one attached hydrogen (secondary N) is 1. The lowest BCUT2D eigenvalue weighted by Gasteiger charge is -2.11. The first-order chi connectivity index (χ1) is 8.54. The molecule has 7 heteroatoms. The Morgan fingerprint density at radius 3 is 2.56 bits per heavy atom. The fraction of sp³-hybridized carbons (Fsp3) is 0.364. The van der Waals surface area contributed by atoms with Crippen LogP contribution in [0.2, 0.25) is 0 Å². The molecule has 0 aliphatic rings. The summed E-state index contributed by atoms with van der Waals surface area (Å²) in [6.45, 7) is -0.519. The number of aliphatic hydroxyl groups excluding tert-OH is 3. The van der Waals surface area contributed by atoms with Crippen molar-refractivity contribution in [3.8, 4) is 12.3 Å². The van der Waals surface area contributed by atoms with Crippen LogP contribution < -0.4 is 5.69 Å². The van der Waals surface area contributed by atoms with Crippen molar-refractivity contribution in [2.24, 2.45) is 0 Å². The first kappa shape index (κ1) is 16.0. The first-order valence-electron chi connectivity index (χ1n) is 4.97. The maximum absolute atomic E-state index is 10.3. The van der Waals surface area contributed by atoms with E-state index < -0.39 is 18.8 Å². The summed E-state index contributed by atoms with van der Waals surface area (Å²) in [5.41, 5.74) is 0.198. The van der Waals surface area contributed by atoms with Crippen molar-refractivity contribution >= 4 is 6.29 Å². The Morgan fingerprint density at radius 2 is 2.17 bits per heavy atom. The van der Waals surface area contributed by atoms with Gasteiger partial charge < -0.3 is 25.1 Å². The van der Waals surface area contributed by atoms with Gasteiger partial charge in [-0.05, 0) is 0 Å². The van der Waals surface area contributed by atoms with Crippen LogP contribution in [0.5, 0.6) is 0 Å². The minimum absolute atomic E-state index is 0.137. The Balaban J connectivity index is 0.000000321. The average Bonchev–Trinajstić information content (AvgIpc) is 2.39. The summed E-state index contributed by atoms with van der Waals surface area (Å²) in [4.78, 5) is 25.7. The maximum Gasteiger partial charge on any atom is 0.344 e. The Bertz CT molecular complexity index is 431. The lowest BCUT2D eigenvalue weighted by Crippen LogP contribution is -2.29. The highest BCUT2D eigenvalue weighted by Crippen LogP contribution is 1.94. The molecule has 4 N–H and O–H groups in total. The summed E-state index contributed by atoms with van der Waals surface area (Å²) in [6, 6.07) is 0. The van der Waals surface area contributed by atoms with Gasteiger partial charge in [0.25, 0.3) is 0 Å². The molecule has 1 aromatic rings. The van der Waals surface area contributed by atoms with Gasteiger partial charge in [-0.1, -0.05) is 5.92 Å². The number of aromatic amines is 1. The molecule has 0 saturated carbocycles. The molecule has 18 heavy (non-hydrogen) atoms. The van der Waals surface area contributed by atoms with Crippen LogP contribution in [0.25, 0.3) is 0 Å². The number of aliphatic hydroxyl groups is 3. The van der Waals surface area contributed by atoms with Crippen molar-refractivity contribution in [2.75, 3.05) is 6.61 Å². The Labute approximate surface area is 103 Å². The number of terminal acetylenes is 1. The molecule has 0 amide bonds. The van der Waals surface area contributed by atoms with Crippen molar-refractivity contribution in [3.05, 3.63) is 28.4 Å². The van der Waals surface area contributed by atoms with Gasteiger partial charge in [0.15, 0.2) is 0 Å². The number of aldehydes is 1. The summed E-state index contributed by atoms with van der Waals surface area (Å²) in [5.74, 6) is 2.32. The number of aromatic nitrogens is 2. The molecule has 0 spiro atoms. The molecule has 0 aliphatic carbocycles. The highest BCUT2D eigenvalue weighted by molar-refractivity contribution is 5.50. The van der Waals surface area contributed by atoms with Crippen molar-refractivity contribution in [1.29, 1.82) is 0 Å². The molecule has 0 unspecified atom stereocenters. The lowest BCUT2D eigenvalue weighted by molar-refractivity contribution is -0.111. The molecule has 98 valence electrons. The van der Waals surface area contributed by atoms with Crippen molar-refractivity contribution in [3.63, 3.8) is 0 Å². The van der Waals surface area contributed by atoms with Gasteiger partial charge in [0.1, 0.15) is 12.4 Å². The normalized spacial score (nSPS) is 12.6. The summed E-state index contributed by atoms with van der Waals surface area (Å²) >= 11 is 0. The molecule has 7 nitrogen and oxygen atoms in total. The van der Waals surface area contributed by atoms with E-state index in [9.17, 15) is 9.59 Å². The molecule has 1 heterocycles. The third kappa shape index (κ3) is 6.55. The largest absolute Gasteiger partial charge is 0.394 e. The van der Waals surface area contributed by atoms with Gasteiger partial charge in [0.05, 0.1) is 18.3 Å². The van der Waals surface area contributed by atoms with Gasteiger partial charge in [-0.2, -0.15) is 0 Å². The monoisotopic (exact) mass is 254 g/mol. The highest BCUT2D eigenvalue weighted by atomic mass is 16.4. The minimum Gasteiger partial charge on any atom is -0.394 e. The topological polar surface area (TPSA) is 124 Å². The standard InChI is InChI=1S/C6H4N2O.C5H10O4/c1-2-5-3-7-6(9)8-4-5;6-2-1-4(8)5(9)3-7/h1,3-4H,(H,7,8,9);2,4-5,7-9H,1,3H2/t;4-,5+/m.0/s1. The molecular formula is C11H14N2O5. The van der Waals surface area contributed by atoms with Crippen LogP contribution in [-0.2, 0) is 4.79 Å². The maximum atomic E-state index is 10.3. The smallest absolute Gasteiger partial charge is 0.344 e. The zero-order valence-electron chi connectivity index (χ0n) is 9.48. The number of carbonyl (C=O) groups excluding carboxylic acids is 1. The second kappa shape index (κ2) is 9.07. The fourth-order valence-corrected chi connectivity index (χ4v) is 0.798. The van der Waals surface area contributed by atoms with E-state index in [1.165, 1.54) is 12.4 Å². The number of hydrogen-bond donors (Lipinski definition) is 4. The van der Waals surface area contributed by atoms with Crippen LogP contribution in [0.1, 0.15) is 12.0 Å². The second-order valence-corrected chi connectivity index (χ2v) is 3.17. The molecule has 0 fully saturated rings. The third-order valence-corrected chi connectivity index (χ3v) is 1.81. The van der Waals surface area contributed by atoms with Crippen molar-refractivity contribution in [2.45, 2.75) is 18.6 Å². The van der Waals surface area contributed by atoms with Crippen molar-refractivity contribution < 1.29 is 20.1 Å². The van der Waals surface area contributed by atoms with Gasteiger partial charge in [-0.25, -0.2) is 9.78 Å². The van der Waals surface area contributed by atoms with E-state index in [1.54, 1.807) is 0 Å². The molecule has 2 atom stereocenters. The van der Waals surface area contributed by atoms with Gasteiger partial charge in [0, 0.05) is 18.8 Å². The third-order valence-electron chi connectivity index (χ3n) is 1.81. The number of H-pyrrole nitrogens is 1. The molecule has 1 rings (SSSR count). The molecule has 0 radical (unpaired) electrons. The van der Waals surface area contributed by atoms with E-state index in [-0.39, 0.29) is 12.1 Å². The van der Waals surface area contributed by atoms with E-state index in [4.69, 9.17) is 21.7 Å². The summed E-state index contributed by atoms with van der Waals surface area (Å²) in [6.07, 6.45) is 5.80. The predicted octanol–water partition coefficient (Wildman–Crippen LogP) is -1.96. The number of carbonyl (C=O) groups is 1. The summed E-state index contributed by atoms with van der Waals surface area (Å²) < 4.78 is 0. The number of hydrogen-bond acceptors (Lipinski definition) is 6. The van der Waals surface area contributed by atoms with Crippen LogP contribution in [0.4, 0.5) is 0 Å². The van der Waals surface area contributed by atoms with E-state index in [1.807, 2.05) is 0 Å². The van der Waals surface area contributed by atoms with Crippen molar-refractivity contribution in [1.82, 2.24) is 9.97 Å². The van der Waals surface area contributed by atoms with Crippen LogP contribution in [-0.4, -0.2) is 50.4 Å². The zero-order chi connectivity index (χ0) is 14.0. The van der Waals surface area contributed by atoms with Gasteiger partial charge >= 0.3 is 5.69 Å². The SMILES string of the molecule is C#Cc1cnc(=O)[nH]c1.O=CC[C@H](O)[C@H](O)CO. The van der Waals surface area contributed by atoms with E-state index >= 15 is 0 Å². The Kier molecular flexibility index (Phi) is 8.05. The van der Waals surface area contributed by atoms with Crippen LogP contribution in [0.3, 0.4) is 0 Å². The highest BCUT2D eigenvalue weighted by Gasteiger charge is 2.13. The quantitative estimate of drug-likeness (QED) is 0.365. The molecule has 0 bridgehead atoms. The zero-order valence-corrected chi connectivity index (χ0v) is 9.48. The van der Waals surface area contributed by atoms with Crippen LogP contribution in [0, 0.1) is 12.3 Å². The lowest BCUT2D eigenvalue weighted by atomic mass is 10.2. The second-order valence-electron chi connectivity index (χ2n) is 3.17. The first-order valence-corrected chi connectivity index (χ1v) is 4.97. The summed E-state index contributed by atoms with van der Waals surface area (Å²) in [7, 11) is 0. The minimum atomic E-state index is -1.20. The number of rotatable bonds is 4. The van der Waals surface area contributed by atoms with Gasteiger partial charge in [0.2, 0.25) is 0 Å². The Hall–Kier alpha value is -2.01. The molecule has 0 saturated heterocycles. The molecular weight excluding hydrogens is 240 g/mol. The van der Waals surface area contributed by atoms with Gasteiger partial charge in [-0.3, -0.25) is 0 Å². The predicted molar refractivity (Wildman–Crippen MR) is 62.6 cm³/mol. The van der Waals surface area contributed by atoms with Crippen LogP contribution in [0.15, 0.2) is 17.2 Å². The number of nitrogens with zero attached hydrogens (tertiary/aromatic N) is 1. The van der Waals surface area contributed by atoms with Crippen LogP contribution >= 0.6 is 0 Å². The van der Waals surface area contributed by atoms with E-state index in [0.29, 0.717) is 11.8 Å². The van der Waals surface area contributed by atoms with E-state index in [0.717, 1.165) is 0 Å². The van der Waals surface area contributed by atoms with E-state index in [2.05, 4.69) is 15.9 Å². The molecule has 1 aromatic heterocycles.